The summed E-state index contributed by atoms with van der Waals surface area (Å²) in [5.41, 5.74) is -0.872. The van der Waals surface area contributed by atoms with Gasteiger partial charge in [0.25, 0.3) is 0 Å². The van der Waals surface area contributed by atoms with Crippen molar-refractivity contribution >= 4 is 5.97 Å². The molecule has 0 heterocycles. The van der Waals surface area contributed by atoms with Gasteiger partial charge in [-0.3, -0.25) is 4.79 Å². The SMILES string of the molecule is CCOC(=O)CC1(O)C=CC(C)(C)CC1. The summed E-state index contributed by atoms with van der Waals surface area (Å²) >= 11 is 0. The maximum absolute atomic E-state index is 11.3. The average Bonchev–Trinajstić information content (AvgIpc) is 2.12. The molecule has 1 aliphatic carbocycles. The summed E-state index contributed by atoms with van der Waals surface area (Å²) in [5, 5.41) is 10.1. The summed E-state index contributed by atoms with van der Waals surface area (Å²) in [7, 11) is 0. The van der Waals surface area contributed by atoms with Gasteiger partial charge in [0.1, 0.15) is 0 Å². The molecule has 0 amide bonds. The molecular weight excluding hydrogens is 192 g/mol. The number of rotatable bonds is 3. The molecule has 1 aliphatic rings. The average molecular weight is 212 g/mol. The van der Waals surface area contributed by atoms with E-state index in [1.54, 1.807) is 13.0 Å². The Morgan fingerprint density at radius 1 is 1.40 bits per heavy atom. The highest BCUT2D eigenvalue weighted by atomic mass is 16.5. The summed E-state index contributed by atoms with van der Waals surface area (Å²) in [6.45, 7) is 6.37. The number of aliphatic hydroxyl groups is 1. The van der Waals surface area contributed by atoms with Crippen molar-refractivity contribution in [2.24, 2.45) is 5.41 Å². The fourth-order valence-corrected chi connectivity index (χ4v) is 1.70. The molecule has 1 atom stereocenters. The van der Waals surface area contributed by atoms with Crippen LogP contribution in [0, 0.1) is 5.41 Å². The number of allylic oxidation sites excluding steroid dienone is 1. The highest BCUT2D eigenvalue weighted by molar-refractivity contribution is 5.71. The summed E-state index contributed by atoms with van der Waals surface area (Å²) in [6, 6.07) is 0. The number of hydrogen-bond acceptors (Lipinski definition) is 3. The van der Waals surface area contributed by atoms with Gasteiger partial charge in [-0.25, -0.2) is 0 Å². The third-order valence-corrected chi connectivity index (χ3v) is 2.80. The Balaban J connectivity index is 2.58. The number of hydrogen-bond donors (Lipinski definition) is 1. The fraction of sp³-hybridized carbons (Fsp3) is 0.750. The van der Waals surface area contributed by atoms with Gasteiger partial charge >= 0.3 is 5.97 Å². The van der Waals surface area contributed by atoms with Crippen LogP contribution in [0.25, 0.3) is 0 Å². The van der Waals surface area contributed by atoms with E-state index in [1.165, 1.54) is 0 Å². The first-order valence-corrected chi connectivity index (χ1v) is 5.45. The smallest absolute Gasteiger partial charge is 0.309 e. The van der Waals surface area contributed by atoms with Crippen LogP contribution in [0.1, 0.15) is 40.0 Å². The van der Waals surface area contributed by atoms with E-state index in [9.17, 15) is 9.90 Å². The Kier molecular flexibility index (Phi) is 3.55. The first kappa shape index (κ1) is 12.2. The lowest BCUT2D eigenvalue weighted by Crippen LogP contribution is -2.35. The molecule has 0 saturated carbocycles. The van der Waals surface area contributed by atoms with E-state index < -0.39 is 5.60 Å². The third kappa shape index (κ3) is 3.67. The van der Waals surface area contributed by atoms with Gasteiger partial charge in [0.15, 0.2) is 0 Å². The second kappa shape index (κ2) is 4.35. The lowest BCUT2D eigenvalue weighted by atomic mass is 9.76. The molecule has 0 saturated heterocycles. The molecule has 15 heavy (non-hydrogen) atoms. The van der Waals surface area contributed by atoms with E-state index in [2.05, 4.69) is 13.8 Å². The zero-order valence-corrected chi connectivity index (χ0v) is 9.75. The maximum Gasteiger partial charge on any atom is 0.309 e. The van der Waals surface area contributed by atoms with Gasteiger partial charge in [-0.15, -0.1) is 0 Å². The van der Waals surface area contributed by atoms with Gasteiger partial charge < -0.3 is 9.84 Å². The van der Waals surface area contributed by atoms with Crippen LogP contribution in [0.4, 0.5) is 0 Å². The molecule has 0 aromatic carbocycles. The number of esters is 1. The third-order valence-electron chi connectivity index (χ3n) is 2.80. The molecule has 0 spiro atoms. The molecule has 0 aromatic rings. The molecule has 1 rings (SSSR count). The summed E-state index contributed by atoms with van der Waals surface area (Å²) < 4.78 is 4.83. The van der Waals surface area contributed by atoms with Gasteiger partial charge in [-0.2, -0.15) is 0 Å². The van der Waals surface area contributed by atoms with Crippen LogP contribution in [0.5, 0.6) is 0 Å². The standard InChI is InChI=1S/C12H20O3/c1-4-15-10(13)9-12(14)7-5-11(2,3)6-8-12/h5,7,14H,4,6,8-9H2,1-3H3. The molecule has 0 bridgehead atoms. The van der Waals surface area contributed by atoms with Gasteiger partial charge in [0.05, 0.1) is 18.6 Å². The molecule has 0 aliphatic heterocycles. The second-order valence-corrected chi connectivity index (χ2v) is 4.91. The molecule has 3 nitrogen and oxygen atoms in total. The van der Waals surface area contributed by atoms with Crippen LogP contribution in [-0.4, -0.2) is 23.3 Å². The van der Waals surface area contributed by atoms with Crippen LogP contribution < -0.4 is 0 Å². The lowest BCUT2D eigenvalue weighted by Gasteiger charge is -2.34. The minimum atomic E-state index is -0.998. The van der Waals surface area contributed by atoms with Crippen molar-refractivity contribution in [2.75, 3.05) is 6.61 Å². The van der Waals surface area contributed by atoms with E-state index >= 15 is 0 Å². The van der Waals surface area contributed by atoms with Crippen LogP contribution in [-0.2, 0) is 9.53 Å². The zero-order chi connectivity index (χ0) is 11.5. The van der Waals surface area contributed by atoms with Crippen LogP contribution in [0.2, 0.25) is 0 Å². The van der Waals surface area contributed by atoms with Crippen molar-refractivity contribution in [3.05, 3.63) is 12.2 Å². The highest BCUT2D eigenvalue weighted by Crippen LogP contribution is 2.36. The normalized spacial score (nSPS) is 28.8. The molecule has 1 unspecified atom stereocenters. The van der Waals surface area contributed by atoms with Gasteiger partial charge in [0, 0.05) is 0 Å². The minimum Gasteiger partial charge on any atom is -0.466 e. The lowest BCUT2D eigenvalue weighted by molar-refractivity contribution is -0.147. The second-order valence-electron chi connectivity index (χ2n) is 4.91. The summed E-state index contributed by atoms with van der Waals surface area (Å²) in [6.07, 6.45) is 5.30. The molecule has 0 radical (unpaired) electrons. The van der Waals surface area contributed by atoms with Crippen molar-refractivity contribution in [1.29, 1.82) is 0 Å². The van der Waals surface area contributed by atoms with Crippen molar-refractivity contribution in [3.63, 3.8) is 0 Å². The quantitative estimate of drug-likeness (QED) is 0.575. The number of carbonyl (C=O) groups is 1. The van der Waals surface area contributed by atoms with Crippen LogP contribution in [0.3, 0.4) is 0 Å². The van der Waals surface area contributed by atoms with Gasteiger partial charge in [0.2, 0.25) is 0 Å². The number of ether oxygens (including phenoxy) is 1. The van der Waals surface area contributed by atoms with Crippen LogP contribution in [0.15, 0.2) is 12.2 Å². The van der Waals surface area contributed by atoms with E-state index in [1.807, 2.05) is 6.08 Å². The fourth-order valence-electron chi connectivity index (χ4n) is 1.70. The number of carbonyl (C=O) groups excluding carboxylic acids is 1. The summed E-state index contributed by atoms with van der Waals surface area (Å²) in [5.74, 6) is -0.329. The zero-order valence-electron chi connectivity index (χ0n) is 9.75. The van der Waals surface area contributed by atoms with E-state index in [0.29, 0.717) is 13.0 Å². The van der Waals surface area contributed by atoms with E-state index in [-0.39, 0.29) is 17.8 Å². The van der Waals surface area contributed by atoms with E-state index in [4.69, 9.17) is 4.74 Å². The van der Waals surface area contributed by atoms with Crippen molar-refractivity contribution < 1.29 is 14.6 Å². The molecule has 1 N–H and O–H groups in total. The van der Waals surface area contributed by atoms with Crippen molar-refractivity contribution in [1.82, 2.24) is 0 Å². The Morgan fingerprint density at radius 2 is 2.07 bits per heavy atom. The maximum atomic E-state index is 11.3. The van der Waals surface area contributed by atoms with Gasteiger partial charge in [-0.05, 0) is 25.2 Å². The molecule has 0 fully saturated rings. The topological polar surface area (TPSA) is 46.5 Å². The molecule has 0 aromatic heterocycles. The molecule has 86 valence electrons. The first-order chi connectivity index (χ1) is 6.87. The Labute approximate surface area is 91.1 Å². The predicted octanol–water partition coefficient (Wildman–Crippen LogP) is 2.05. The van der Waals surface area contributed by atoms with Gasteiger partial charge in [-0.1, -0.05) is 26.0 Å². The predicted molar refractivity (Wildman–Crippen MR) is 58.4 cm³/mol. The van der Waals surface area contributed by atoms with E-state index in [0.717, 1.165) is 6.42 Å². The largest absolute Gasteiger partial charge is 0.466 e. The highest BCUT2D eigenvalue weighted by Gasteiger charge is 2.34. The minimum absolute atomic E-state index is 0.0629. The monoisotopic (exact) mass is 212 g/mol. The molecule has 3 heteroatoms. The summed E-state index contributed by atoms with van der Waals surface area (Å²) in [4.78, 5) is 11.3. The first-order valence-electron chi connectivity index (χ1n) is 5.45. The van der Waals surface area contributed by atoms with Crippen LogP contribution >= 0.6 is 0 Å². The van der Waals surface area contributed by atoms with Crippen molar-refractivity contribution in [3.8, 4) is 0 Å². The van der Waals surface area contributed by atoms with Crippen molar-refractivity contribution in [2.45, 2.75) is 45.6 Å². The molecular formula is C12H20O3. The Morgan fingerprint density at radius 3 is 2.53 bits per heavy atom. The Bertz CT molecular complexity index is 268. The Hall–Kier alpha value is -0.830.